The molecular formula is C24H30N4O4. The van der Waals surface area contributed by atoms with Crippen molar-refractivity contribution in [3.8, 4) is 17.0 Å². The zero-order valence-corrected chi connectivity index (χ0v) is 18.7. The van der Waals surface area contributed by atoms with E-state index in [0.29, 0.717) is 37.7 Å². The molecule has 0 aliphatic rings. The number of rotatable bonds is 11. The first-order valence-electron chi connectivity index (χ1n) is 10.7. The third-order valence-electron chi connectivity index (χ3n) is 5.07. The average molecular weight is 439 g/mol. The Morgan fingerprint density at radius 1 is 1.25 bits per heavy atom. The van der Waals surface area contributed by atoms with E-state index in [2.05, 4.69) is 15.3 Å². The normalized spacial score (nSPS) is 12.9. The first kappa shape index (κ1) is 23.4. The topological polar surface area (TPSA) is 101 Å². The van der Waals surface area contributed by atoms with E-state index in [1.165, 1.54) is 0 Å². The molecule has 8 heteroatoms. The van der Waals surface area contributed by atoms with Crippen LogP contribution in [0.1, 0.15) is 36.8 Å². The fourth-order valence-electron chi connectivity index (χ4n) is 3.24. The number of pyridine rings is 1. The van der Waals surface area contributed by atoms with Crippen LogP contribution in [0.4, 0.5) is 0 Å². The summed E-state index contributed by atoms with van der Waals surface area (Å²) in [6.45, 7) is 3.44. The molecule has 0 saturated heterocycles. The van der Waals surface area contributed by atoms with Crippen molar-refractivity contribution in [3.05, 3.63) is 66.5 Å². The second kappa shape index (κ2) is 11.4. The number of carbonyl (C=O) groups is 1. The standard InChI is InChI=1S/C24H30N4O4/c1-4-20(24(30)28(2)3)23-27-21(16-32-23)17-7-9-19(10-8-17)31-13-12-26-15-22(29)18-6-5-11-25-14-18/h5-11,14,16,20,22,26,29H,4,12-13,15H2,1-3H3/t20?,22-/m1/s1. The number of ether oxygens (including phenoxy) is 1. The van der Waals surface area contributed by atoms with Gasteiger partial charge in [0.1, 0.15) is 30.2 Å². The van der Waals surface area contributed by atoms with Gasteiger partial charge in [-0.1, -0.05) is 13.0 Å². The quantitative estimate of drug-likeness (QED) is 0.444. The van der Waals surface area contributed by atoms with Gasteiger partial charge >= 0.3 is 0 Å². The molecule has 2 aromatic heterocycles. The maximum atomic E-state index is 12.3. The van der Waals surface area contributed by atoms with Crippen LogP contribution in [0.2, 0.25) is 0 Å². The monoisotopic (exact) mass is 438 g/mol. The van der Waals surface area contributed by atoms with Crippen LogP contribution in [0.15, 0.2) is 59.5 Å². The van der Waals surface area contributed by atoms with Crippen LogP contribution in [0.25, 0.3) is 11.3 Å². The summed E-state index contributed by atoms with van der Waals surface area (Å²) >= 11 is 0. The fraction of sp³-hybridized carbons (Fsp3) is 0.375. The largest absolute Gasteiger partial charge is 0.492 e. The number of amides is 1. The number of nitrogens with one attached hydrogen (secondary N) is 1. The van der Waals surface area contributed by atoms with Gasteiger partial charge in [-0.2, -0.15) is 0 Å². The number of likely N-dealkylation sites (N-methyl/N-ethyl adjacent to an activating group) is 1. The van der Waals surface area contributed by atoms with Crippen LogP contribution in [0.5, 0.6) is 5.75 Å². The second-order valence-corrected chi connectivity index (χ2v) is 7.64. The molecule has 0 bridgehead atoms. The Hall–Kier alpha value is -3.23. The first-order chi connectivity index (χ1) is 15.5. The number of carbonyl (C=O) groups excluding carboxylic acids is 1. The number of aliphatic hydroxyl groups is 1. The molecule has 3 aromatic rings. The van der Waals surface area contributed by atoms with E-state index in [-0.39, 0.29) is 11.8 Å². The number of aromatic nitrogens is 2. The number of aliphatic hydroxyl groups excluding tert-OH is 1. The number of hydrogen-bond donors (Lipinski definition) is 2. The highest BCUT2D eigenvalue weighted by molar-refractivity contribution is 5.82. The molecule has 0 radical (unpaired) electrons. The van der Waals surface area contributed by atoms with Crippen LogP contribution in [0, 0.1) is 0 Å². The van der Waals surface area contributed by atoms with E-state index in [9.17, 15) is 9.90 Å². The summed E-state index contributed by atoms with van der Waals surface area (Å²) in [6.07, 6.45) is 4.93. The summed E-state index contributed by atoms with van der Waals surface area (Å²) in [6, 6.07) is 11.2. The Kier molecular flexibility index (Phi) is 8.35. The van der Waals surface area contributed by atoms with E-state index >= 15 is 0 Å². The minimum Gasteiger partial charge on any atom is -0.492 e. The molecule has 3 rings (SSSR count). The van der Waals surface area contributed by atoms with Gasteiger partial charge in [0, 0.05) is 50.7 Å². The summed E-state index contributed by atoms with van der Waals surface area (Å²) in [4.78, 5) is 22.4. The van der Waals surface area contributed by atoms with Gasteiger partial charge in [-0.3, -0.25) is 9.78 Å². The Labute approximate surface area is 188 Å². The van der Waals surface area contributed by atoms with Crippen LogP contribution >= 0.6 is 0 Å². The SMILES string of the molecule is CCC(C(=O)N(C)C)c1nc(-c2ccc(OCCNC[C@@H](O)c3cccnc3)cc2)co1. The third kappa shape index (κ3) is 6.15. The molecule has 0 fully saturated rings. The molecule has 0 spiro atoms. The molecule has 8 nitrogen and oxygen atoms in total. The van der Waals surface area contributed by atoms with Crippen LogP contribution in [-0.4, -0.2) is 59.7 Å². The van der Waals surface area contributed by atoms with Gasteiger partial charge < -0.3 is 24.5 Å². The second-order valence-electron chi connectivity index (χ2n) is 7.64. The van der Waals surface area contributed by atoms with Gasteiger partial charge in [0.25, 0.3) is 0 Å². The zero-order valence-electron chi connectivity index (χ0n) is 18.7. The highest BCUT2D eigenvalue weighted by atomic mass is 16.5. The van der Waals surface area contributed by atoms with Crippen molar-refractivity contribution in [1.29, 1.82) is 0 Å². The van der Waals surface area contributed by atoms with Gasteiger partial charge in [-0.05, 0) is 36.8 Å². The highest BCUT2D eigenvalue weighted by Crippen LogP contribution is 2.26. The van der Waals surface area contributed by atoms with Crippen molar-refractivity contribution >= 4 is 5.91 Å². The lowest BCUT2D eigenvalue weighted by atomic mass is 10.1. The molecule has 2 atom stereocenters. The van der Waals surface area contributed by atoms with Crippen LogP contribution < -0.4 is 10.1 Å². The van der Waals surface area contributed by atoms with E-state index < -0.39 is 6.10 Å². The first-order valence-corrected chi connectivity index (χ1v) is 10.7. The van der Waals surface area contributed by atoms with E-state index in [4.69, 9.17) is 9.15 Å². The highest BCUT2D eigenvalue weighted by Gasteiger charge is 2.25. The lowest BCUT2D eigenvalue weighted by Gasteiger charge is -2.16. The molecule has 1 amide bonds. The molecule has 0 aliphatic heterocycles. The third-order valence-corrected chi connectivity index (χ3v) is 5.07. The summed E-state index contributed by atoms with van der Waals surface area (Å²) in [5.74, 6) is 0.763. The maximum absolute atomic E-state index is 12.3. The van der Waals surface area contributed by atoms with Gasteiger partial charge in [-0.15, -0.1) is 0 Å². The van der Waals surface area contributed by atoms with Crippen molar-refractivity contribution < 1.29 is 19.1 Å². The number of nitrogens with zero attached hydrogens (tertiary/aromatic N) is 3. The number of benzene rings is 1. The van der Waals surface area contributed by atoms with Gasteiger partial charge in [-0.25, -0.2) is 4.98 Å². The van der Waals surface area contributed by atoms with Crippen molar-refractivity contribution in [2.75, 3.05) is 33.8 Å². The molecule has 32 heavy (non-hydrogen) atoms. The van der Waals surface area contributed by atoms with Crippen molar-refractivity contribution in [1.82, 2.24) is 20.2 Å². The smallest absolute Gasteiger partial charge is 0.234 e. The average Bonchev–Trinajstić information content (AvgIpc) is 3.30. The number of oxazole rings is 1. The van der Waals surface area contributed by atoms with E-state index in [1.54, 1.807) is 43.7 Å². The minimum absolute atomic E-state index is 0.0220. The van der Waals surface area contributed by atoms with Gasteiger partial charge in [0.2, 0.25) is 11.8 Å². The van der Waals surface area contributed by atoms with Gasteiger partial charge in [0.15, 0.2) is 0 Å². The molecule has 0 saturated carbocycles. The zero-order chi connectivity index (χ0) is 22.9. The molecule has 1 aromatic carbocycles. The Morgan fingerprint density at radius 2 is 2.03 bits per heavy atom. The molecule has 170 valence electrons. The Bertz CT molecular complexity index is 973. The molecule has 0 aliphatic carbocycles. The number of hydrogen-bond acceptors (Lipinski definition) is 7. The summed E-state index contributed by atoms with van der Waals surface area (Å²) in [5, 5.41) is 13.3. The predicted molar refractivity (Wildman–Crippen MR) is 121 cm³/mol. The Balaban J connectivity index is 1.47. The molecular weight excluding hydrogens is 408 g/mol. The minimum atomic E-state index is -0.601. The van der Waals surface area contributed by atoms with Crippen molar-refractivity contribution in [3.63, 3.8) is 0 Å². The molecule has 1 unspecified atom stereocenters. The Morgan fingerprint density at radius 3 is 2.69 bits per heavy atom. The van der Waals surface area contributed by atoms with Gasteiger partial charge in [0.05, 0.1) is 6.10 Å². The summed E-state index contributed by atoms with van der Waals surface area (Å²) < 4.78 is 11.3. The van der Waals surface area contributed by atoms with Crippen molar-refractivity contribution in [2.45, 2.75) is 25.4 Å². The van der Waals surface area contributed by atoms with Crippen LogP contribution in [0.3, 0.4) is 0 Å². The lowest BCUT2D eigenvalue weighted by Crippen LogP contribution is -2.28. The molecule has 2 heterocycles. The van der Waals surface area contributed by atoms with Crippen molar-refractivity contribution in [2.24, 2.45) is 0 Å². The lowest BCUT2D eigenvalue weighted by molar-refractivity contribution is -0.130. The van der Waals surface area contributed by atoms with E-state index in [1.807, 2.05) is 37.3 Å². The molecule has 2 N–H and O–H groups in total. The fourth-order valence-corrected chi connectivity index (χ4v) is 3.24. The summed E-state index contributed by atoms with van der Waals surface area (Å²) in [7, 11) is 3.46. The summed E-state index contributed by atoms with van der Waals surface area (Å²) in [5.41, 5.74) is 2.35. The maximum Gasteiger partial charge on any atom is 0.234 e. The predicted octanol–water partition coefficient (Wildman–Crippen LogP) is 3.02. The van der Waals surface area contributed by atoms with E-state index in [0.717, 1.165) is 16.9 Å². The van der Waals surface area contributed by atoms with Crippen LogP contribution in [-0.2, 0) is 4.79 Å².